The molecule has 0 bridgehead atoms. The molecule has 1 aromatic rings. The lowest BCUT2D eigenvalue weighted by Crippen LogP contribution is -2.39. The lowest BCUT2D eigenvalue weighted by molar-refractivity contribution is -0.119. The Hall–Kier alpha value is -1.60. The molecular weight excluding hydrogens is 290 g/mol. The summed E-state index contributed by atoms with van der Waals surface area (Å²) in [4.78, 5) is 11.1. The zero-order valence-corrected chi connectivity index (χ0v) is 12.9. The van der Waals surface area contributed by atoms with Crippen LogP contribution in [0.3, 0.4) is 0 Å². The molecule has 21 heavy (non-hydrogen) atoms. The number of primary amides is 1. The quantitative estimate of drug-likeness (QED) is 0.804. The van der Waals surface area contributed by atoms with Gasteiger partial charge in [0.25, 0.3) is 0 Å². The van der Waals surface area contributed by atoms with E-state index < -0.39 is 10.0 Å². The number of piperidine rings is 1. The number of hydrogen-bond donors (Lipinski definition) is 2. The number of nitrogen functional groups attached to an aromatic ring is 1. The molecule has 116 valence electrons. The largest absolute Gasteiger partial charge is 0.398 e. The maximum absolute atomic E-state index is 12.6. The highest BCUT2D eigenvalue weighted by Crippen LogP contribution is 2.28. The Morgan fingerprint density at radius 3 is 2.48 bits per heavy atom. The van der Waals surface area contributed by atoms with E-state index in [1.54, 1.807) is 18.2 Å². The maximum atomic E-state index is 12.6. The molecule has 0 saturated carbocycles. The van der Waals surface area contributed by atoms with E-state index in [1.165, 1.54) is 4.31 Å². The van der Waals surface area contributed by atoms with Crippen LogP contribution in [0, 0.1) is 12.8 Å². The Kier molecular flexibility index (Phi) is 4.53. The summed E-state index contributed by atoms with van der Waals surface area (Å²) >= 11 is 0. The molecule has 4 N–H and O–H groups in total. The molecule has 1 fully saturated rings. The van der Waals surface area contributed by atoms with Crippen molar-refractivity contribution in [2.45, 2.75) is 31.1 Å². The standard InChI is InChI=1S/C14H21N3O3S/c1-10-2-3-13(12(15)8-10)21(19,20)17-6-4-11(5-7-17)9-14(16)18/h2-3,8,11H,4-7,9,15H2,1H3,(H2,16,18). The highest BCUT2D eigenvalue weighted by Gasteiger charge is 2.31. The van der Waals surface area contributed by atoms with Crippen LogP contribution in [0.5, 0.6) is 0 Å². The first kappa shape index (κ1) is 15.8. The third kappa shape index (κ3) is 3.54. The summed E-state index contributed by atoms with van der Waals surface area (Å²) in [7, 11) is -3.57. The van der Waals surface area contributed by atoms with Gasteiger partial charge >= 0.3 is 0 Å². The molecule has 1 aromatic carbocycles. The van der Waals surface area contributed by atoms with Gasteiger partial charge in [0.05, 0.1) is 5.69 Å². The molecule has 1 amide bonds. The molecule has 1 saturated heterocycles. The highest BCUT2D eigenvalue weighted by atomic mass is 32.2. The van der Waals surface area contributed by atoms with Crippen LogP contribution in [0.1, 0.15) is 24.8 Å². The second-order valence-corrected chi connectivity index (χ2v) is 7.47. The molecule has 1 aliphatic rings. The minimum absolute atomic E-state index is 0.154. The van der Waals surface area contributed by atoms with Gasteiger partial charge < -0.3 is 11.5 Å². The Balaban J connectivity index is 2.13. The SMILES string of the molecule is Cc1ccc(S(=O)(=O)N2CCC(CC(N)=O)CC2)c(N)c1. The minimum atomic E-state index is -3.57. The van der Waals surface area contributed by atoms with Crippen LogP contribution in [0.25, 0.3) is 0 Å². The summed E-state index contributed by atoms with van der Waals surface area (Å²) < 4.78 is 26.6. The third-order valence-electron chi connectivity index (χ3n) is 3.85. The molecule has 6 nitrogen and oxygen atoms in total. The summed E-state index contributed by atoms with van der Waals surface area (Å²) in [6.07, 6.45) is 1.61. The van der Waals surface area contributed by atoms with Gasteiger partial charge in [-0.2, -0.15) is 4.31 Å². The molecule has 0 aliphatic carbocycles. The zero-order valence-electron chi connectivity index (χ0n) is 12.1. The predicted octanol–water partition coefficient (Wildman–Crippen LogP) is 0.853. The van der Waals surface area contributed by atoms with E-state index in [0.29, 0.717) is 32.4 Å². The van der Waals surface area contributed by atoms with Crippen LogP contribution in [0.2, 0.25) is 0 Å². The number of amides is 1. The smallest absolute Gasteiger partial charge is 0.245 e. The normalized spacial score (nSPS) is 17.8. The fourth-order valence-electron chi connectivity index (χ4n) is 2.68. The van der Waals surface area contributed by atoms with Crippen LogP contribution in [-0.2, 0) is 14.8 Å². The van der Waals surface area contributed by atoms with Crippen LogP contribution in [0.15, 0.2) is 23.1 Å². The molecule has 0 atom stereocenters. The number of carbonyl (C=O) groups excluding carboxylic acids is 1. The minimum Gasteiger partial charge on any atom is -0.398 e. The average molecular weight is 311 g/mol. The Labute approximate surface area is 125 Å². The van der Waals surface area contributed by atoms with Gasteiger partial charge in [-0.1, -0.05) is 6.07 Å². The second kappa shape index (κ2) is 6.03. The summed E-state index contributed by atoms with van der Waals surface area (Å²) in [5.41, 5.74) is 12.2. The van der Waals surface area contributed by atoms with Crippen LogP contribution >= 0.6 is 0 Å². The maximum Gasteiger partial charge on any atom is 0.245 e. The van der Waals surface area contributed by atoms with E-state index in [2.05, 4.69) is 0 Å². The van der Waals surface area contributed by atoms with E-state index >= 15 is 0 Å². The number of benzene rings is 1. The van der Waals surface area contributed by atoms with E-state index in [9.17, 15) is 13.2 Å². The van der Waals surface area contributed by atoms with Gasteiger partial charge in [-0.25, -0.2) is 8.42 Å². The van der Waals surface area contributed by atoms with Crippen LogP contribution in [-0.4, -0.2) is 31.7 Å². The first-order valence-corrected chi connectivity index (χ1v) is 8.39. The fourth-order valence-corrected chi connectivity index (χ4v) is 4.25. The van der Waals surface area contributed by atoms with E-state index in [-0.39, 0.29) is 22.4 Å². The van der Waals surface area contributed by atoms with E-state index in [0.717, 1.165) is 5.56 Å². The summed E-state index contributed by atoms with van der Waals surface area (Å²) in [6, 6.07) is 4.95. The Morgan fingerprint density at radius 1 is 1.33 bits per heavy atom. The molecule has 7 heteroatoms. The van der Waals surface area contributed by atoms with Gasteiger partial charge in [0.2, 0.25) is 15.9 Å². The number of hydrogen-bond acceptors (Lipinski definition) is 4. The Morgan fingerprint density at radius 2 is 1.95 bits per heavy atom. The van der Waals surface area contributed by atoms with Crippen molar-refractivity contribution in [1.82, 2.24) is 4.31 Å². The lowest BCUT2D eigenvalue weighted by atomic mass is 9.94. The van der Waals surface area contributed by atoms with Gasteiger partial charge in [0.15, 0.2) is 0 Å². The number of rotatable bonds is 4. The van der Waals surface area contributed by atoms with Gasteiger partial charge in [0.1, 0.15) is 4.90 Å². The molecule has 0 aromatic heterocycles. The monoisotopic (exact) mass is 311 g/mol. The Bertz CT molecular complexity index is 635. The van der Waals surface area contributed by atoms with Crippen molar-refractivity contribution in [2.75, 3.05) is 18.8 Å². The van der Waals surface area contributed by atoms with Gasteiger partial charge in [-0.05, 0) is 43.4 Å². The fraction of sp³-hybridized carbons (Fsp3) is 0.500. The zero-order chi connectivity index (χ0) is 15.6. The molecule has 1 heterocycles. The first-order valence-electron chi connectivity index (χ1n) is 6.95. The predicted molar refractivity (Wildman–Crippen MR) is 80.9 cm³/mol. The number of sulfonamides is 1. The molecule has 0 spiro atoms. The number of aryl methyl sites for hydroxylation is 1. The first-order chi connectivity index (χ1) is 9.80. The summed E-state index contributed by atoms with van der Waals surface area (Å²) in [6.45, 7) is 2.66. The van der Waals surface area contributed by atoms with Crippen molar-refractivity contribution in [1.29, 1.82) is 0 Å². The number of nitrogens with zero attached hydrogens (tertiary/aromatic N) is 1. The van der Waals surface area contributed by atoms with Gasteiger partial charge in [0, 0.05) is 19.5 Å². The van der Waals surface area contributed by atoms with Crippen molar-refractivity contribution in [3.63, 3.8) is 0 Å². The third-order valence-corrected chi connectivity index (χ3v) is 5.82. The van der Waals surface area contributed by atoms with Crippen LogP contribution < -0.4 is 11.5 Å². The van der Waals surface area contributed by atoms with Crippen LogP contribution in [0.4, 0.5) is 5.69 Å². The van der Waals surface area contributed by atoms with Crippen molar-refractivity contribution in [3.05, 3.63) is 23.8 Å². The van der Waals surface area contributed by atoms with Gasteiger partial charge in [-0.3, -0.25) is 4.79 Å². The molecular formula is C14H21N3O3S. The highest BCUT2D eigenvalue weighted by molar-refractivity contribution is 7.89. The number of carbonyl (C=O) groups is 1. The van der Waals surface area contributed by atoms with Crippen molar-refractivity contribution in [2.24, 2.45) is 11.7 Å². The van der Waals surface area contributed by atoms with E-state index in [4.69, 9.17) is 11.5 Å². The summed E-state index contributed by atoms with van der Waals surface area (Å²) in [5.74, 6) is -0.164. The van der Waals surface area contributed by atoms with Crippen molar-refractivity contribution in [3.8, 4) is 0 Å². The van der Waals surface area contributed by atoms with E-state index in [1.807, 2.05) is 6.92 Å². The lowest BCUT2D eigenvalue weighted by Gasteiger charge is -2.31. The van der Waals surface area contributed by atoms with Crippen molar-refractivity contribution < 1.29 is 13.2 Å². The number of nitrogens with two attached hydrogens (primary N) is 2. The average Bonchev–Trinajstić information content (AvgIpc) is 2.38. The molecule has 0 unspecified atom stereocenters. The molecule has 0 radical (unpaired) electrons. The summed E-state index contributed by atoms with van der Waals surface area (Å²) in [5, 5.41) is 0. The van der Waals surface area contributed by atoms with Crippen molar-refractivity contribution >= 4 is 21.6 Å². The van der Waals surface area contributed by atoms with Gasteiger partial charge in [-0.15, -0.1) is 0 Å². The molecule has 2 rings (SSSR count). The topological polar surface area (TPSA) is 106 Å². The number of anilines is 1. The second-order valence-electron chi connectivity index (χ2n) is 5.56. The molecule has 1 aliphatic heterocycles.